The van der Waals surface area contributed by atoms with Crippen LogP contribution in [-0.4, -0.2) is 55.5 Å². The topological polar surface area (TPSA) is 46.5 Å². The minimum atomic E-state index is -0.160. The van der Waals surface area contributed by atoms with Crippen molar-refractivity contribution in [1.82, 2.24) is 0 Å². The van der Waals surface area contributed by atoms with Gasteiger partial charge in [0.05, 0.1) is 13.7 Å². The molecule has 0 amide bonds. The fourth-order valence-corrected chi connectivity index (χ4v) is 1.25. The number of halogens is 1. The summed E-state index contributed by atoms with van der Waals surface area (Å²) < 4.78 is 5.39. The van der Waals surface area contributed by atoms with Gasteiger partial charge in [-0.25, -0.2) is 4.79 Å². The molecule has 1 heterocycles. The molecule has 1 aliphatic rings. The summed E-state index contributed by atoms with van der Waals surface area (Å²) in [7, 11) is 1.96. The van der Waals surface area contributed by atoms with Gasteiger partial charge in [0.25, 0.3) is 0 Å². The number of morpholine rings is 1. The molecule has 0 radical (unpaired) electrons. The lowest BCUT2D eigenvalue weighted by atomic mass is 10.3. The van der Waals surface area contributed by atoms with Crippen LogP contribution in [0, 0.1) is 0 Å². The van der Waals surface area contributed by atoms with E-state index >= 15 is 0 Å². The summed E-state index contributed by atoms with van der Waals surface area (Å²) in [5.41, 5.74) is 0. The molecule has 1 saturated heterocycles. The number of cyclic esters (lactones) is 1. The average Bonchev–Trinajstić information content (AvgIpc) is 1.86. The first-order valence-electron chi connectivity index (χ1n) is 3.76. The quantitative estimate of drug-likeness (QED) is 0.395. The number of ether oxygens (including phenoxy) is 1. The zero-order chi connectivity index (χ0) is 8.32. The first kappa shape index (κ1) is 11.9. The summed E-state index contributed by atoms with van der Waals surface area (Å²) in [6, 6.07) is 0. The maximum Gasteiger partial charge on any atom is 0.361 e. The Morgan fingerprint density at radius 3 is 2.83 bits per heavy atom. The number of carbonyl (C=O) groups is 1. The molecule has 1 N–H and O–H groups in total. The Morgan fingerprint density at radius 1 is 1.67 bits per heavy atom. The van der Waals surface area contributed by atoms with Crippen LogP contribution >= 0.6 is 0 Å². The monoisotopic (exact) mass is 239 g/mol. The molecule has 0 aromatic heterocycles. The van der Waals surface area contributed by atoms with Gasteiger partial charge in [-0.3, -0.25) is 0 Å². The van der Waals surface area contributed by atoms with Gasteiger partial charge >= 0.3 is 5.97 Å². The molecule has 1 rings (SSSR count). The van der Waals surface area contributed by atoms with E-state index in [1.54, 1.807) is 0 Å². The van der Waals surface area contributed by atoms with Crippen LogP contribution in [0.15, 0.2) is 0 Å². The number of likely N-dealkylation sites (N-methyl/N-ethyl adjacent to an activating group) is 1. The van der Waals surface area contributed by atoms with Gasteiger partial charge in [0, 0.05) is 0 Å². The van der Waals surface area contributed by atoms with E-state index in [0.29, 0.717) is 24.2 Å². The molecule has 0 aromatic rings. The standard InChI is InChI=1S/C7H14NO3.BrH/c1-8(2-4-9)3-5-11-7(10)6-8;/h9H,2-6H2,1H3;1H/q+1;/p-1. The van der Waals surface area contributed by atoms with Crippen LogP contribution < -0.4 is 17.0 Å². The van der Waals surface area contributed by atoms with E-state index in [9.17, 15) is 4.79 Å². The summed E-state index contributed by atoms with van der Waals surface area (Å²) in [6.07, 6.45) is 0. The molecular formula is C7H14BrNO3. The number of quaternary nitrogens is 1. The number of aliphatic hydroxyl groups excluding tert-OH is 1. The van der Waals surface area contributed by atoms with Crippen LogP contribution in [0.4, 0.5) is 0 Å². The smallest absolute Gasteiger partial charge is 0.361 e. The number of rotatable bonds is 2. The zero-order valence-electron chi connectivity index (χ0n) is 7.12. The third-order valence-corrected chi connectivity index (χ3v) is 2.04. The van der Waals surface area contributed by atoms with Crippen molar-refractivity contribution >= 4 is 5.97 Å². The first-order chi connectivity index (χ1) is 5.16. The maximum atomic E-state index is 10.8. The molecule has 1 aliphatic heterocycles. The second-order valence-corrected chi connectivity index (χ2v) is 3.17. The number of aliphatic hydroxyl groups is 1. The molecule has 0 aliphatic carbocycles. The van der Waals surface area contributed by atoms with Crippen molar-refractivity contribution in [2.24, 2.45) is 0 Å². The van der Waals surface area contributed by atoms with Crippen molar-refractivity contribution in [1.29, 1.82) is 0 Å². The van der Waals surface area contributed by atoms with Crippen LogP contribution in [0.5, 0.6) is 0 Å². The number of hydrogen-bond donors (Lipinski definition) is 1. The largest absolute Gasteiger partial charge is 1.00 e. The first-order valence-corrected chi connectivity index (χ1v) is 3.76. The highest BCUT2D eigenvalue weighted by atomic mass is 79.9. The summed E-state index contributed by atoms with van der Waals surface area (Å²) in [5.74, 6) is -0.160. The fourth-order valence-electron chi connectivity index (χ4n) is 1.25. The lowest BCUT2D eigenvalue weighted by molar-refractivity contribution is -0.907. The van der Waals surface area contributed by atoms with E-state index in [1.807, 2.05) is 7.05 Å². The zero-order valence-corrected chi connectivity index (χ0v) is 8.71. The Morgan fingerprint density at radius 2 is 2.33 bits per heavy atom. The molecule has 0 saturated carbocycles. The van der Waals surface area contributed by atoms with Crippen LogP contribution in [0.3, 0.4) is 0 Å². The highest BCUT2D eigenvalue weighted by molar-refractivity contribution is 5.71. The van der Waals surface area contributed by atoms with Crippen molar-refractivity contribution in [3.63, 3.8) is 0 Å². The summed E-state index contributed by atoms with van der Waals surface area (Å²) in [6.45, 7) is 2.45. The molecule has 1 unspecified atom stereocenters. The van der Waals surface area contributed by atoms with E-state index in [4.69, 9.17) is 9.84 Å². The Bertz CT molecular complexity index is 161. The SMILES string of the molecule is C[N+]1(CCO)CCOC(=O)C1.[Br-]. The van der Waals surface area contributed by atoms with E-state index in [2.05, 4.69) is 0 Å². The van der Waals surface area contributed by atoms with Crippen molar-refractivity contribution < 1.29 is 36.1 Å². The van der Waals surface area contributed by atoms with Gasteiger partial charge in [-0.2, -0.15) is 0 Å². The third kappa shape index (κ3) is 3.08. The molecule has 1 atom stereocenters. The molecule has 4 nitrogen and oxygen atoms in total. The lowest BCUT2D eigenvalue weighted by Crippen LogP contribution is -3.00. The summed E-state index contributed by atoms with van der Waals surface area (Å²) in [4.78, 5) is 10.8. The normalized spacial score (nSPS) is 29.0. The van der Waals surface area contributed by atoms with Crippen molar-refractivity contribution in [2.75, 3.05) is 39.9 Å². The lowest BCUT2D eigenvalue weighted by Gasteiger charge is -2.35. The predicted octanol–water partition coefficient (Wildman–Crippen LogP) is -4.01. The van der Waals surface area contributed by atoms with Gasteiger partial charge in [0.15, 0.2) is 6.54 Å². The number of hydrogen-bond acceptors (Lipinski definition) is 3. The summed E-state index contributed by atoms with van der Waals surface area (Å²) in [5, 5.41) is 8.70. The maximum absolute atomic E-state index is 10.8. The number of esters is 1. The van der Waals surface area contributed by atoms with Gasteiger partial charge in [0.2, 0.25) is 0 Å². The number of nitrogens with zero attached hydrogens (tertiary/aromatic N) is 1. The Hall–Kier alpha value is -0.130. The highest BCUT2D eigenvalue weighted by Crippen LogP contribution is 2.06. The molecule has 0 spiro atoms. The second-order valence-electron chi connectivity index (χ2n) is 3.17. The molecule has 72 valence electrons. The second kappa shape index (κ2) is 4.79. The molecule has 12 heavy (non-hydrogen) atoms. The molecule has 5 heteroatoms. The minimum Gasteiger partial charge on any atom is -1.00 e. The van der Waals surface area contributed by atoms with Crippen LogP contribution in [0.25, 0.3) is 0 Å². The van der Waals surface area contributed by atoms with Gasteiger partial charge in [0.1, 0.15) is 19.7 Å². The van der Waals surface area contributed by atoms with Gasteiger partial charge < -0.3 is 31.3 Å². The van der Waals surface area contributed by atoms with E-state index in [0.717, 1.165) is 6.54 Å². The van der Waals surface area contributed by atoms with Gasteiger partial charge in [-0.1, -0.05) is 0 Å². The van der Waals surface area contributed by atoms with Crippen molar-refractivity contribution in [2.45, 2.75) is 0 Å². The van der Waals surface area contributed by atoms with E-state index in [1.165, 1.54) is 0 Å². The van der Waals surface area contributed by atoms with Crippen molar-refractivity contribution in [3.05, 3.63) is 0 Å². The Labute approximate surface area is 82.5 Å². The number of carbonyl (C=O) groups excluding carboxylic acids is 1. The van der Waals surface area contributed by atoms with Crippen LogP contribution in [0.1, 0.15) is 0 Å². The van der Waals surface area contributed by atoms with Crippen LogP contribution in [-0.2, 0) is 9.53 Å². The fraction of sp³-hybridized carbons (Fsp3) is 0.857. The summed E-state index contributed by atoms with van der Waals surface area (Å²) >= 11 is 0. The molecule has 0 bridgehead atoms. The molecular weight excluding hydrogens is 226 g/mol. The Kier molecular flexibility index (Phi) is 4.74. The van der Waals surface area contributed by atoms with E-state index in [-0.39, 0.29) is 29.6 Å². The molecule has 0 aromatic carbocycles. The van der Waals surface area contributed by atoms with Gasteiger partial charge in [-0.15, -0.1) is 0 Å². The highest BCUT2D eigenvalue weighted by Gasteiger charge is 2.30. The third-order valence-electron chi connectivity index (χ3n) is 2.04. The van der Waals surface area contributed by atoms with Gasteiger partial charge in [-0.05, 0) is 0 Å². The Balaban J connectivity index is 0.00000121. The van der Waals surface area contributed by atoms with Crippen LogP contribution in [0.2, 0.25) is 0 Å². The molecule has 1 fully saturated rings. The van der Waals surface area contributed by atoms with Crippen molar-refractivity contribution in [3.8, 4) is 0 Å². The predicted molar refractivity (Wildman–Crippen MR) is 38.8 cm³/mol. The van der Waals surface area contributed by atoms with E-state index < -0.39 is 0 Å². The average molecular weight is 240 g/mol. The minimum absolute atomic E-state index is 0.